The van der Waals surface area contributed by atoms with Crippen LogP contribution in [0.1, 0.15) is 16.7 Å². The van der Waals surface area contributed by atoms with Gasteiger partial charge >= 0.3 is 0 Å². The first-order valence-corrected chi connectivity index (χ1v) is 6.29. The van der Waals surface area contributed by atoms with E-state index in [0.717, 1.165) is 0 Å². The molecule has 0 radical (unpaired) electrons. The van der Waals surface area contributed by atoms with E-state index >= 15 is 0 Å². The molecule has 2 aromatic rings. The van der Waals surface area contributed by atoms with E-state index in [1.54, 1.807) is 0 Å². The Hall–Kier alpha value is -1.76. The molecule has 0 saturated heterocycles. The molecule has 2 heterocycles. The van der Waals surface area contributed by atoms with Gasteiger partial charge in [0.25, 0.3) is 0 Å². The van der Waals surface area contributed by atoms with Crippen molar-refractivity contribution in [1.29, 1.82) is 0 Å². The average molecular weight is 221 g/mol. The van der Waals surface area contributed by atoms with E-state index in [-0.39, 0.29) is 0 Å². The van der Waals surface area contributed by atoms with E-state index in [1.165, 1.54) is 40.9 Å². The van der Waals surface area contributed by atoms with Gasteiger partial charge in [0.2, 0.25) is 0 Å². The van der Waals surface area contributed by atoms with Gasteiger partial charge in [0, 0.05) is 17.4 Å². The molecule has 0 spiro atoms. The molecule has 4 rings (SSSR count). The van der Waals surface area contributed by atoms with Crippen molar-refractivity contribution < 1.29 is 0 Å². The Morgan fingerprint density at radius 1 is 0.941 bits per heavy atom. The van der Waals surface area contributed by atoms with E-state index in [9.17, 15) is 0 Å². The lowest BCUT2D eigenvalue weighted by Crippen LogP contribution is -2.22. The molecule has 84 valence electrons. The fourth-order valence-corrected chi connectivity index (χ4v) is 3.27. The molecule has 1 nitrogen and oxygen atoms in total. The lowest BCUT2D eigenvalue weighted by molar-refractivity contribution is 0.725. The topological polar surface area (TPSA) is 3.24 Å². The van der Waals surface area contributed by atoms with E-state index in [4.69, 9.17) is 0 Å². The van der Waals surface area contributed by atoms with Crippen molar-refractivity contribution in [2.45, 2.75) is 25.8 Å². The first-order valence-electron chi connectivity index (χ1n) is 6.29. The molecule has 2 aromatic carbocycles. The van der Waals surface area contributed by atoms with Crippen molar-refractivity contribution in [3.63, 3.8) is 0 Å². The molecule has 2 aliphatic rings. The Bertz CT molecular complexity index is 600. The van der Waals surface area contributed by atoms with Crippen LogP contribution in [0, 0.1) is 6.92 Å². The summed E-state index contributed by atoms with van der Waals surface area (Å²) in [5, 5.41) is 0. The van der Waals surface area contributed by atoms with Crippen molar-refractivity contribution >= 4 is 11.4 Å². The van der Waals surface area contributed by atoms with Gasteiger partial charge in [-0.3, -0.25) is 0 Å². The minimum Gasteiger partial charge on any atom is -0.337 e. The van der Waals surface area contributed by atoms with Gasteiger partial charge in [-0.05, 0) is 48.6 Å². The van der Waals surface area contributed by atoms with Gasteiger partial charge in [0.1, 0.15) is 0 Å². The summed E-state index contributed by atoms with van der Waals surface area (Å²) in [7, 11) is 0. The van der Waals surface area contributed by atoms with Gasteiger partial charge in [-0.2, -0.15) is 0 Å². The van der Waals surface area contributed by atoms with E-state index < -0.39 is 0 Å². The molecule has 2 aliphatic heterocycles. The minimum atomic E-state index is 0.657. The normalized spacial score (nSPS) is 20.1. The van der Waals surface area contributed by atoms with Crippen molar-refractivity contribution in [2.24, 2.45) is 0 Å². The molecule has 0 fully saturated rings. The number of hydrogen-bond donors (Lipinski definition) is 0. The summed E-state index contributed by atoms with van der Waals surface area (Å²) in [4.78, 5) is 2.54. The van der Waals surface area contributed by atoms with Crippen LogP contribution in [0.4, 0.5) is 11.4 Å². The second-order valence-electron chi connectivity index (χ2n) is 5.19. The van der Waals surface area contributed by atoms with E-state index in [2.05, 4.69) is 54.3 Å². The lowest BCUT2D eigenvalue weighted by Gasteiger charge is -2.20. The smallest absolute Gasteiger partial charge is 0.0449 e. The SMILES string of the molecule is Cc1ccc2c(c1)N1c3ccccc3CC1C2. The molecular weight excluding hydrogens is 206 g/mol. The number of hydrogen-bond acceptors (Lipinski definition) is 1. The third kappa shape index (κ3) is 1.20. The van der Waals surface area contributed by atoms with Gasteiger partial charge in [-0.1, -0.05) is 30.3 Å². The predicted octanol–water partition coefficient (Wildman–Crippen LogP) is 3.61. The Morgan fingerprint density at radius 2 is 1.71 bits per heavy atom. The van der Waals surface area contributed by atoms with Crippen LogP contribution in [0.5, 0.6) is 0 Å². The van der Waals surface area contributed by atoms with Gasteiger partial charge < -0.3 is 4.90 Å². The maximum absolute atomic E-state index is 2.54. The Kier molecular flexibility index (Phi) is 1.71. The molecule has 1 unspecified atom stereocenters. The largest absolute Gasteiger partial charge is 0.337 e. The summed E-state index contributed by atoms with van der Waals surface area (Å²) >= 11 is 0. The minimum absolute atomic E-state index is 0.657. The summed E-state index contributed by atoms with van der Waals surface area (Å²) in [5.74, 6) is 0. The average Bonchev–Trinajstić information content (AvgIpc) is 2.84. The third-order valence-corrected chi connectivity index (χ3v) is 4.03. The Balaban J connectivity index is 1.92. The molecule has 0 aromatic heterocycles. The first-order chi connectivity index (χ1) is 8.33. The van der Waals surface area contributed by atoms with E-state index in [1.807, 2.05) is 0 Å². The van der Waals surface area contributed by atoms with Crippen LogP contribution in [0.25, 0.3) is 0 Å². The zero-order valence-corrected chi connectivity index (χ0v) is 9.98. The molecule has 0 N–H and O–H groups in total. The highest BCUT2D eigenvalue weighted by atomic mass is 15.2. The second kappa shape index (κ2) is 3.13. The molecule has 0 aliphatic carbocycles. The van der Waals surface area contributed by atoms with Crippen molar-refractivity contribution in [3.05, 3.63) is 59.2 Å². The molecule has 1 heteroatoms. The first kappa shape index (κ1) is 9.29. The highest BCUT2D eigenvalue weighted by molar-refractivity contribution is 5.77. The Labute approximate surface area is 102 Å². The fraction of sp³-hybridized carbons (Fsp3) is 0.250. The quantitative estimate of drug-likeness (QED) is 0.657. The number of benzene rings is 2. The van der Waals surface area contributed by atoms with Gasteiger partial charge in [-0.25, -0.2) is 0 Å². The zero-order chi connectivity index (χ0) is 11.4. The number of para-hydroxylation sites is 1. The third-order valence-electron chi connectivity index (χ3n) is 4.03. The molecule has 0 saturated carbocycles. The summed E-state index contributed by atoms with van der Waals surface area (Å²) in [6, 6.07) is 16.3. The van der Waals surface area contributed by atoms with Crippen LogP contribution in [0.15, 0.2) is 42.5 Å². The van der Waals surface area contributed by atoms with Crippen LogP contribution in [-0.2, 0) is 12.8 Å². The number of aryl methyl sites for hydroxylation is 1. The van der Waals surface area contributed by atoms with E-state index in [0.29, 0.717) is 6.04 Å². The molecule has 0 amide bonds. The van der Waals surface area contributed by atoms with Crippen LogP contribution in [-0.4, -0.2) is 6.04 Å². The standard InChI is InChI=1S/C16H15N/c1-11-6-7-13-10-14-9-12-4-2-3-5-15(12)17(14)16(13)8-11/h2-8,14H,9-10H2,1H3. The lowest BCUT2D eigenvalue weighted by atomic mass is 10.0. The van der Waals surface area contributed by atoms with Gasteiger partial charge in [0.05, 0.1) is 0 Å². The maximum Gasteiger partial charge on any atom is 0.0449 e. The van der Waals surface area contributed by atoms with Crippen LogP contribution < -0.4 is 4.90 Å². The highest BCUT2D eigenvalue weighted by Gasteiger charge is 2.36. The second-order valence-corrected chi connectivity index (χ2v) is 5.19. The van der Waals surface area contributed by atoms with Crippen molar-refractivity contribution in [1.82, 2.24) is 0 Å². The highest BCUT2D eigenvalue weighted by Crippen LogP contribution is 2.45. The monoisotopic (exact) mass is 221 g/mol. The van der Waals surface area contributed by atoms with Crippen molar-refractivity contribution in [2.75, 3.05) is 4.90 Å². The van der Waals surface area contributed by atoms with Crippen molar-refractivity contribution in [3.8, 4) is 0 Å². The zero-order valence-electron chi connectivity index (χ0n) is 9.98. The van der Waals surface area contributed by atoms with Gasteiger partial charge in [-0.15, -0.1) is 0 Å². The molecular formula is C16H15N. The number of anilines is 2. The van der Waals surface area contributed by atoms with Crippen LogP contribution in [0.3, 0.4) is 0 Å². The Morgan fingerprint density at radius 3 is 2.59 bits per heavy atom. The number of rotatable bonds is 0. The number of fused-ring (bicyclic) bond motifs is 5. The molecule has 1 atom stereocenters. The molecule has 0 bridgehead atoms. The molecule has 17 heavy (non-hydrogen) atoms. The maximum atomic E-state index is 2.54. The summed E-state index contributed by atoms with van der Waals surface area (Å²) in [6.07, 6.45) is 2.40. The van der Waals surface area contributed by atoms with Crippen LogP contribution in [0.2, 0.25) is 0 Å². The summed E-state index contributed by atoms with van der Waals surface area (Å²) < 4.78 is 0. The predicted molar refractivity (Wildman–Crippen MR) is 71.0 cm³/mol. The van der Waals surface area contributed by atoms with Gasteiger partial charge in [0.15, 0.2) is 0 Å². The van der Waals surface area contributed by atoms with Crippen LogP contribution >= 0.6 is 0 Å². The fourth-order valence-electron chi connectivity index (χ4n) is 3.27. The number of nitrogens with zero attached hydrogens (tertiary/aromatic N) is 1. The summed E-state index contributed by atoms with van der Waals surface area (Å²) in [5.41, 5.74) is 7.22. The summed E-state index contributed by atoms with van der Waals surface area (Å²) in [6.45, 7) is 2.18.